The summed E-state index contributed by atoms with van der Waals surface area (Å²) >= 11 is 0. The minimum atomic E-state index is -1.08. The molecule has 2 aliphatic heterocycles. The molecule has 0 radical (unpaired) electrons. The molecule has 2 heterocycles. The zero-order valence-corrected chi connectivity index (χ0v) is 22.0. The summed E-state index contributed by atoms with van der Waals surface area (Å²) < 4.78 is 11.9. The van der Waals surface area contributed by atoms with Crippen LogP contribution in [0.4, 0.5) is 0 Å². The van der Waals surface area contributed by atoms with E-state index < -0.39 is 29.9 Å². The first-order valence-electron chi connectivity index (χ1n) is 13.1. The summed E-state index contributed by atoms with van der Waals surface area (Å²) in [6.07, 6.45) is -0.381. The highest BCUT2D eigenvalue weighted by Gasteiger charge is 2.51. The van der Waals surface area contributed by atoms with Gasteiger partial charge in [-0.1, -0.05) is 72.8 Å². The summed E-state index contributed by atoms with van der Waals surface area (Å²) in [5.74, 6) is -2.73. The topological polar surface area (TPSA) is 105 Å². The number of hydrogen-bond acceptors (Lipinski definition) is 5. The molecule has 39 heavy (non-hydrogen) atoms. The van der Waals surface area contributed by atoms with Gasteiger partial charge in [0.05, 0.1) is 11.6 Å². The van der Waals surface area contributed by atoms with E-state index >= 15 is 0 Å². The van der Waals surface area contributed by atoms with E-state index in [2.05, 4.69) is 5.32 Å². The molecule has 0 saturated carbocycles. The number of likely N-dealkylation sites (tertiary alicyclic amines) is 1. The molecule has 2 fully saturated rings. The lowest BCUT2D eigenvalue weighted by Gasteiger charge is -2.28. The Balaban J connectivity index is 1.26. The Morgan fingerprint density at radius 1 is 0.923 bits per heavy atom. The maximum absolute atomic E-state index is 13.7. The normalized spacial score (nSPS) is 22.0. The van der Waals surface area contributed by atoms with Crippen LogP contribution in [0.5, 0.6) is 0 Å². The third-order valence-electron chi connectivity index (χ3n) is 7.21. The molecule has 0 aromatic heterocycles. The molecule has 8 nitrogen and oxygen atoms in total. The molecule has 2 saturated heterocycles. The predicted octanol–water partition coefficient (Wildman–Crippen LogP) is 4.55. The molecule has 0 bridgehead atoms. The van der Waals surface area contributed by atoms with Gasteiger partial charge in [-0.25, -0.2) is 4.79 Å². The van der Waals surface area contributed by atoms with Crippen LogP contribution < -0.4 is 5.32 Å². The lowest BCUT2D eigenvalue weighted by Crippen LogP contribution is -2.49. The Morgan fingerprint density at radius 2 is 1.59 bits per heavy atom. The van der Waals surface area contributed by atoms with E-state index in [0.29, 0.717) is 12.1 Å². The SMILES string of the molecule is CC1(C)OC(C(=O)NCc2ccc(-c3ccccc3C(=O)O)cc2)[C@H](C(=O)N2CCCC2c2ccccc2)O1. The number of benzene rings is 3. The number of ether oxygens (including phenoxy) is 2. The van der Waals surface area contributed by atoms with Crippen molar-refractivity contribution in [2.45, 2.75) is 57.3 Å². The van der Waals surface area contributed by atoms with Gasteiger partial charge in [0, 0.05) is 13.1 Å². The van der Waals surface area contributed by atoms with Crippen molar-refractivity contribution in [3.63, 3.8) is 0 Å². The van der Waals surface area contributed by atoms with E-state index in [1.54, 1.807) is 43.0 Å². The standard InChI is InChI=1S/C31H32N2O6/c1-31(2)38-26(27(39-31)29(35)33-18-8-13-25(33)22-9-4-3-5-10-22)28(34)32-19-20-14-16-21(17-15-20)23-11-6-7-12-24(23)30(36)37/h3-7,9-12,14-17,25-27H,8,13,18-19H2,1-2H3,(H,32,34)(H,36,37)/t25?,26?,27-/m1/s1. The zero-order chi connectivity index (χ0) is 27.6. The monoisotopic (exact) mass is 528 g/mol. The number of amides is 2. The molecule has 2 amide bonds. The lowest BCUT2D eigenvalue weighted by atomic mass is 9.99. The van der Waals surface area contributed by atoms with Gasteiger partial charge in [-0.2, -0.15) is 0 Å². The van der Waals surface area contributed by atoms with Crippen molar-refractivity contribution in [1.82, 2.24) is 10.2 Å². The first-order chi connectivity index (χ1) is 18.7. The summed E-state index contributed by atoms with van der Waals surface area (Å²) in [6.45, 7) is 4.22. The molecule has 2 unspecified atom stereocenters. The van der Waals surface area contributed by atoms with Gasteiger partial charge in [0.15, 0.2) is 18.0 Å². The predicted molar refractivity (Wildman–Crippen MR) is 145 cm³/mol. The largest absolute Gasteiger partial charge is 0.478 e. The van der Waals surface area contributed by atoms with Crippen molar-refractivity contribution < 1.29 is 29.0 Å². The molecule has 5 rings (SSSR count). The fraction of sp³-hybridized carbons (Fsp3) is 0.323. The second-order valence-corrected chi connectivity index (χ2v) is 10.3. The first kappa shape index (κ1) is 26.6. The molecule has 0 spiro atoms. The number of aromatic carboxylic acids is 1. The van der Waals surface area contributed by atoms with Gasteiger partial charge in [-0.15, -0.1) is 0 Å². The number of carbonyl (C=O) groups is 3. The van der Waals surface area contributed by atoms with E-state index in [0.717, 1.165) is 29.5 Å². The maximum Gasteiger partial charge on any atom is 0.336 e. The van der Waals surface area contributed by atoms with E-state index in [9.17, 15) is 19.5 Å². The first-order valence-corrected chi connectivity index (χ1v) is 13.1. The van der Waals surface area contributed by atoms with E-state index in [1.807, 2.05) is 54.6 Å². The number of hydrogen-bond donors (Lipinski definition) is 2. The summed E-state index contributed by atoms with van der Waals surface area (Å²) in [6, 6.07) is 24.0. The Morgan fingerprint density at radius 3 is 2.31 bits per heavy atom. The molecule has 0 aliphatic carbocycles. The van der Waals surface area contributed by atoms with Crippen molar-refractivity contribution in [3.05, 3.63) is 95.6 Å². The highest BCUT2D eigenvalue weighted by molar-refractivity contribution is 5.96. The number of nitrogens with one attached hydrogen (secondary N) is 1. The smallest absolute Gasteiger partial charge is 0.336 e. The van der Waals surface area contributed by atoms with Crippen molar-refractivity contribution >= 4 is 17.8 Å². The van der Waals surface area contributed by atoms with Gasteiger partial charge in [0.25, 0.3) is 11.8 Å². The molecular weight excluding hydrogens is 496 g/mol. The molecular formula is C31H32N2O6. The molecule has 3 atom stereocenters. The van der Waals surface area contributed by atoms with Crippen LogP contribution in [0.2, 0.25) is 0 Å². The summed E-state index contributed by atoms with van der Waals surface area (Å²) in [7, 11) is 0. The fourth-order valence-corrected chi connectivity index (χ4v) is 5.36. The Labute approximate surface area is 227 Å². The Bertz CT molecular complexity index is 1360. The zero-order valence-electron chi connectivity index (χ0n) is 22.0. The van der Waals surface area contributed by atoms with Crippen LogP contribution in [0.1, 0.15) is 54.2 Å². The van der Waals surface area contributed by atoms with Crippen LogP contribution in [0.25, 0.3) is 11.1 Å². The Kier molecular flexibility index (Phi) is 7.50. The number of rotatable bonds is 7. The van der Waals surface area contributed by atoms with Crippen molar-refractivity contribution in [3.8, 4) is 11.1 Å². The van der Waals surface area contributed by atoms with Gasteiger partial charge in [-0.05, 0) is 55.0 Å². The quantitative estimate of drug-likeness (QED) is 0.466. The minimum absolute atomic E-state index is 0.0560. The molecule has 3 aromatic carbocycles. The average molecular weight is 529 g/mol. The number of carbonyl (C=O) groups excluding carboxylic acids is 2. The molecule has 202 valence electrons. The van der Waals surface area contributed by atoms with Crippen molar-refractivity contribution in [1.29, 1.82) is 0 Å². The van der Waals surface area contributed by atoms with Crippen molar-refractivity contribution in [2.24, 2.45) is 0 Å². The highest BCUT2D eigenvalue weighted by Crippen LogP contribution is 2.36. The van der Waals surface area contributed by atoms with Gasteiger partial charge in [-0.3, -0.25) is 9.59 Å². The minimum Gasteiger partial charge on any atom is -0.478 e. The van der Waals surface area contributed by atoms with Crippen LogP contribution in [-0.2, 0) is 25.6 Å². The summed E-state index contributed by atoms with van der Waals surface area (Å²) in [4.78, 5) is 40.3. The number of carboxylic acid groups (broad SMARTS) is 1. The second-order valence-electron chi connectivity index (χ2n) is 10.3. The molecule has 8 heteroatoms. The third-order valence-corrected chi connectivity index (χ3v) is 7.21. The van der Waals surface area contributed by atoms with Crippen LogP contribution in [0, 0.1) is 0 Å². The summed E-state index contributed by atoms with van der Waals surface area (Å²) in [5.41, 5.74) is 3.50. The number of carboxylic acids is 1. The Hall–Kier alpha value is -4.01. The average Bonchev–Trinajstić information content (AvgIpc) is 3.56. The van der Waals surface area contributed by atoms with Gasteiger partial charge < -0.3 is 24.8 Å². The lowest BCUT2D eigenvalue weighted by molar-refractivity contribution is -0.163. The van der Waals surface area contributed by atoms with Crippen LogP contribution in [-0.4, -0.2) is 52.3 Å². The van der Waals surface area contributed by atoms with Crippen LogP contribution >= 0.6 is 0 Å². The van der Waals surface area contributed by atoms with Gasteiger partial charge in [0.1, 0.15) is 0 Å². The fourth-order valence-electron chi connectivity index (χ4n) is 5.36. The highest BCUT2D eigenvalue weighted by atomic mass is 16.8. The third kappa shape index (κ3) is 5.72. The molecule has 2 aliphatic rings. The van der Waals surface area contributed by atoms with Crippen LogP contribution in [0.3, 0.4) is 0 Å². The van der Waals surface area contributed by atoms with Gasteiger partial charge >= 0.3 is 5.97 Å². The molecule has 2 N–H and O–H groups in total. The maximum atomic E-state index is 13.7. The van der Waals surface area contributed by atoms with Crippen molar-refractivity contribution in [2.75, 3.05) is 6.54 Å². The van der Waals surface area contributed by atoms with Gasteiger partial charge in [0.2, 0.25) is 0 Å². The summed E-state index contributed by atoms with van der Waals surface area (Å²) in [5, 5.41) is 12.4. The van der Waals surface area contributed by atoms with E-state index in [-0.39, 0.29) is 24.1 Å². The van der Waals surface area contributed by atoms with E-state index in [4.69, 9.17) is 9.47 Å². The van der Waals surface area contributed by atoms with Crippen LogP contribution in [0.15, 0.2) is 78.9 Å². The second kappa shape index (κ2) is 11.0. The van der Waals surface area contributed by atoms with E-state index in [1.165, 1.54) is 0 Å². The number of nitrogens with zero attached hydrogens (tertiary/aromatic N) is 1. The molecule has 3 aromatic rings.